The molecule has 0 aromatic rings. The summed E-state index contributed by atoms with van der Waals surface area (Å²) in [6.07, 6.45) is -0.500. The van der Waals surface area contributed by atoms with E-state index in [0.717, 1.165) is 0 Å². The number of carbonyl (C=O) groups excluding carboxylic acids is 2. The van der Waals surface area contributed by atoms with Gasteiger partial charge in [-0.2, -0.15) is 0 Å². The molecule has 18 N–H and O–H groups in total. The number of aliphatic carboxylic acids is 2. The maximum absolute atomic E-state index is 9.86. The molecule has 0 rings (SSSR count). The van der Waals surface area contributed by atoms with Crippen LogP contribution in [0.3, 0.4) is 0 Å². The summed E-state index contributed by atoms with van der Waals surface area (Å²) in [5.41, 5.74) is 4.91. The van der Waals surface area contributed by atoms with Crippen molar-refractivity contribution in [2.75, 3.05) is 0 Å². The van der Waals surface area contributed by atoms with Gasteiger partial charge in [0.15, 0.2) is 0 Å². The zero-order chi connectivity index (χ0) is 15.3. The zero-order valence-corrected chi connectivity index (χ0v) is 12.5. The second-order valence-electron chi connectivity index (χ2n) is 2.28. The summed E-state index contributed by atoms with van der Waals surface area (Å²) in [7, 11) is 0. The first-order valence-corrected chi connectivity index (χ1v) is 3.80. The highest BCUT2D eigenvalue weighted by atomic mass is 16.9. The summed E-state index contributed by atoms with van der Waals surface area (Å²) in [6, 6.07) is -1.21. The second-order valence-corrected chi connectivity index (χ2v) is 2.28. The minimum Gasteiger partial charge on any atom is -0.550 e. The first-order chi connectivity index (χ1) is 8.00. The van der Waals surface area contributed by atoms with Gasteiger partial charge >= 0.3 is 0 Å². The molecule has 0 aliphatic rings. The van der Waals surface area contributed by atoms with Crippen LogP contribution in [0.25, 0.3) is 0 Å². The summed E-state index contributed by atoms with van der Waals surface area (Å²) < 4.78 is 0. The Bertz CT molecular complexity index is 279. The van der Waals surface area contributed by atoms with Crippen molar-refractivity contribution in [2.24, 2.45) is 5.73 Å². The van der Waals surface area contributed by atoms with Crippen LogP contribution >= 0.6 is 0 Å². The summed E-state index contributed by atoms with van der Waals surface area (Å²) in [5, 5.41) is 49.1. The van der Waals surface area contributed by atoms with Crippen molar-refractivity contribution in [3.63, 3.8) is 0 Å². The number of quaternary nitrogens is 4. The summed E-state index contributed by atoms with van der Waals surface area (Å²) in [6.45, 7) is 0. The van der Waals surface area contributed by atoms with Crippen LogP contribution in [-0.4, -0.2) is 28.2 Å². The van der Waals surface area contributed by atoms with Crippen LogP contribution in [0.5, 0.6) is 0 Å². The van der Waals surface area contributed by atoms with Gasteiger partial charge in [0.05, 0.1) is 16.1 Å². The maximum Gasteiger partial charge on any atom is 0.0689 e. The standard InChI is InChI=1S/C5H9NO4.2NO3.4H3N/c6-3(5(9)10)1-2-4(7)8;2*2-1(3)4;;;;/h3H,1-2,6H2,(H,7,8)(H,9,10);;;4*1H3/q;2*-1;;;;/p+2/t3-;;;;;;/m0....../s1. The Morgan fingerprint density at radius 1 is 0.864 bits per heavy atom. The van der Waals surface area contributed by atoms with Gasteiger partial charge in [-0.15, -0.1) is 0 Å². The van der Waals surface area contributed by atoms with E-state index in [4.69, 9.17) is 36.4 Å². The minimum atomic E-state index is -1.75. The van der Waals surface area contributed by atoms with Crippen LogP contribution in [0.2, 0.25) is 0 Å². The maximum atomic E-state index is 9.86. The van der Waals surface area contributed by atoms with Crippen molar-refractivity contribution in [2.45, 2.75) is 18.9 Å². The fraction of sp³-hybridized carbons (Fsp3) is 0.600. The van der Waals surface area contributed by atoms with Crippen molar-refractivity contribution in [3.05, 3.63) is 30.6 Å². The van der Waals surface area contributed by atoms with Gasteiger partial charge in [0.2, 0.25) is 0 Å². The van der Waals surface area contributed by atoms with Crippen LogP contribution in [0.15, 0.2) is 0 Å². The fourth-order valence-corrected chi connectivity index (χ4v) is 0.391. The lowest BCUT2D eigenvalue weighted by atomic mass is 10.2. The van der Waals surface area contributed by atoms with Gasteiger partial charge in [-0.05, 0) is 12.8 Å². The van der Waals surface area contributed by atoms with E-state index in [9.17, 15) is 19.8 Å². The molecule has 22 heavy (non-hydrogen) atoms. The van der Waals surface area contributed by atoms with E-state index in [1.54, 1.807) is 0 Å². The third-order valence-corrected chi connectivity index (χ3v) is 0.962. The summed E-state index contributed by atoms with van der Waals surface area (Å²) in [4.78, 5) is 36.1. The Morgan fingerprint density at radius 2 is 1.09 bits per heavy atom. The molecule has 0 bridgehead atoms. The lowest BCUT2D eigenvalue weighted by molar-refractivity contribution is -0.403. The monoisotopic (exact) mass is 341 g/mol. The van der Waals surface area contributed by atoms with Crippen molar-refractivity contribution in [3.8, 4) is 0 Å². The Labute approximate surface area is 123 Å². The molecule has 0 radical (unpaired) electrons. The first-order valence-electron chi connectivity index (χ1n) is 3.80. The van der Waals surface area contributed by atoms with Gasteiger partial charge in [0.25, 0.3) is 0 Å². The minimum absolute atomic E-state index is 0. The molecular weight excluding hydrogens is 318 g/mol. The van der Waals surface area contributed by atoms with Gasteiger partial charge in [0.1, 0.15) is 0 Å². The summed E-state index contributed by atoms with van der Waals surface area (Å²) in [5.74, 6) is -2.75. The molecular formula is C5H23N7O10. The summed E-state index contributed by atoms with van der Waals surface area (Å²) >= 11 is 0. The van der Waals surface area contributed by atoms with Crippen LogP contribution in [0.1, 0.15) is 12.8 Å². The molecule has 0 unspecified atom stereocenters. The highest BCUT2D eigenvalue weighted by molar-refractivity contribution is 5.72. The lowest BCUT2D eigenvalue weighted by Crippen LogP contribution is -2.42. The molecule has 0 heterocycles. The quantitative estimate of drug-likeness (QED) is 0.265. The third kappa shape index (κ3) is 118. The number of nitrogens with two attached hydrogens (primary N) is 1. The van der Waals surface area contributed by atoms with Crippen molar-refractivity contribution < 1.29 is 30.0 Å². The molecule has 1 atom stereocenters. The van der Waals surface area contributed by atoms with E-state index in [1.165, 1.54) is 0 Å². The van der Waals surface area contributed by atoms with Crippen molar-refractivity contribution >= 4 is 11.9 Å². The Hall–Kier alpha value is -2.86. The highest BCUT2D eigenvalue weighted by Crippen LogP contribution is 1.90. The Kier molecular flexibility index (Phi) is 51.8. The van der Waals surface area contributed by atoms with E-state index in [-0.39, 0.29) is 37.4 Å². The van der Waals surface area contributed by atoms with E-state index < -0.39 is 28.2 Å². The van der Waals surface area contributed by atoms with E-state index >= 15 is 0 Å². The number of carbonyl (C=O) groups is 2. The van der Waals surface area contributed by atoms with Gasteiger partial charge in [-0.25, -0.2) is 0 Å². The number of carboxylic acids is 2. The molecule has 0 aliphatic heterocycles. The molecule has 0 saturated carbocycles. The number of hydrogen-bond donors (Lipinski definition) is 5. The third-order valence-electron chi connectivity index (χ3n) is 0.962. The van der Waals surface area contributed by atoms with E-state index in [1.807, 2.05) is 0 Å². The lowest BCUT2D eigenvalue weighted by Gasteiger charge is -2.11. The van der Waals surface area contributed by atoms with Gasteiger partial charge in [-0.1, -0.05) is 0 Å². The van der Waals surface area contributed by atoms with E-state index in [0.29, 0.717) is 0 Å². The molecule has 0 aromatic heterocycles. The Balaban J connectivity index is -0.0000000325. The molecule has 138 valence electrons. The molecule has 17 heteroatoms. The number of nitrogens with zero attached hydrogens (tertiary/aromatic N) is 2. The average molecular weight is 341 g/mol. The van der Waals surface area contributed by atoms with Crippen LogP contribution in [0, 0.1) is 30.6 Å². The molecule has 0 spiro atoms. The number of rotatable bonds is 4. The molecule has 0 aliphatic carbocycles. The molecule has 0 aromatic carbocycles. The predicted molar refractivity (Wildman–Crippen MR) is 71.9 cm³/mol. The fourth-order valence-electron chi connectivity index (χ4n) is 0.391. The van der Waals surface area contributed by atoms with E-state index in [2.05, 4.69) is 0 Å². The number of carboxylic acid groups (broad SMARTS) is 2. The molecule has 0 saturated heterocycles. The van der Waals surface area contributed by atoms with Crippen LogP contribution in [0.4, 0.5) is 0 Å². The average Bonchev–Trinajstić information content (AvgIpc) is 2.11. The molecule has 0 amide bonds. The second kappa shape index (κ2) is 26.7. The topological polar surface area (TPSA) is 385 Å². The smallest absolute Gasteiger partial charge is 0.0689 e. The normalized spacial score (nSPS) is 7.86. The van der Waals surface area contributed by atoms with Crippen molar-refractivity contribution in [1.82, 2.24) is 24.6 Å². The highest BCUT2D eigenvalue weighted by Gasteiger charge is 2.01. The predicted octanol–water partition coefficient (Wildman–Crippen LogP) is -2.38. The van der Waals surface area contributed by atoms with Gasteiger partial charge in [0, 0.05) is 12.0 Å². The van der Waals surface area contributed by atoms with Gasteiger partial charge in [-0.3, -0.25) is 0 Å². The zero-order valence-electron chi connectivity index (χ0n) is 12.5. The van der Waals surface area contributed by atoms with Crippen LogP contribution < -0.4 is 40.5 Å². The number of hydrogen-bond acceptors (Lipinski definition) is 11. The molecule has 17 nitrogen and oxygen atoms in total. The van der Waals surface area contributed by atoms with Crippen LogP contribution in [-0.2, 0) is 9.59 Å². The van der Waals surface area contributed by atoms with Gasteiger partial charge < -0.3 is 80.8 Å². The van der Waals surface area contributed by atoms with Crippen molar-refractivity contribution in [1.29, 1.82) is 0 Å². The Morgan fingerprint density at radius 3 is 1.23 bits per heavy atom. The SMILES string of the molecule is N[C@@H](CCC(=O)[O-])C(=O)[O-].O=[N+]([O-])[O-].O=[N+]([O-])[O-].[NH4+].[NH4+].[NH4+].[NH4+]. The largest absolute Gasteiger partial charge is 0.550 e. The first kappa shape index (κ1) is 42.7. The molecule has 0 fully saturated rings.